The number of nitrogens with zero attached hydrogens (tertiary/aromatic N) is 3. The minimum atomic E-state index is -1.16. The maximum absolute atomic E-state index is 10.6. The molecule has 1 aromatic rings. The van der Waals surface area contributed by atoms with Gasteiger partial charge >= 0.3 is 11.9 Å². The Morgan fingerprint density at radius 2 is 2.47 bits per heavy atom. The lowest BCUT2D eigenvalue weighted by atomic mass is 9.94. The van der Waals surface area contributed by atoms with E-state index in [4.69, 9.17) is 5.11 Å². The normalized spacial score (nSPS) is 21.6. The van der Waals surface area contributed by atoms with Crippen molar-refractivity contribution >= 4 is 5.97 Å². The lowest BCUT2D eigenvalue weighted by molar-refractivity contribution is 0.0643. The highest BCUT2D eigenvalue weighted by atomic mass is 16.5. The third-order valence-electron chi connectivity index (χ3n) is 3.17. The van der Waals surface area contributed by atoms with E-state index in [-0.39, 0.29) is 5.89 Å². The summed E-state index contributed by atoms with van der Waals surface area (Å²) in [6.45, 7) is 5.40. The first kappa shape index (κ1) is 12.0. The Hall–Kier alpha value is -1.43. The van der Waals surface area contributed by atoms with E-state index in [1.54, 1.807) is 0 Å². The van der Waals surface area contributed by atoms with Crippen LogP contribution in [0.2, 0.25) is 0 Å². The highest BCUT2D eigenvalue weighted by molar-refractivity contribution is 5.81. The second kappa shape index (κ2) is 5.27. The molecular weight excluding hydrogens is 222 g/mol. The van der Waals surface area contributed by atoms with E-state index in [1.807, 2.05) is 0 Å². The molecule has 1 fully saturated rings. The summed E-state index contributed by atoms with van der Waals surface area (Å²) in [7, 11) is 0. The van der Waals surface area contributed by atoms with Crippen LogP contribution in [0.15, 0.2) is 4.52 Å². The van der Waals surface area contributed by atoms with Crippen LogP contribution in [0.4, 0.5) is 0 Å². The average molecular weight is 239 g/mol. The molecular formula is C11H17N3O3. The summed E-state index contributed by atoms with van der Waals surface area (Å²) in [5, 5.41) is 12.4. The summed E-state index contributed by atoms with van der Waals surface area (Å²) in [5.74, 6) is -0.473. The van der Waals surface area contributed by atoms with Crippen LogP contribution in [0.3, 0.4) is 0 Å². The minimum Gasteiger partial charge on any atom is -0.474 e. The quantitative estimate of drug-likeness (QED) is 0.845. The van der Waals surface area contributed by atoms with Gasteiger partial charge in [0.05, 0.1) is 0 Å². The largest absolute Gasteiger partial charge is 0.474 e. The van der Waals surface area contributed by atoms with Crippen LogP contribution in [0, 0.1) is 5.92 Å². The number of carboxylic acids is 1. The molecule has 1 unspecified atom stereocenters. The average Bonchev–Trinajstić information content (AvgIpc) is 2.78. The minimum absolute atomic E-state index is 0.317. The second-order valence-electron chi connectivity index (χ2n) is 4.43. The van der Waals surface area contributed by atoms with Crippen LogP contribution in [0.25, 0.3) is 0 Å². The molecule has 17 heavy (non-hydrogen) atoms. The van der Waals surface area contributed by atoms with Crippen molar-refractivity contribution in [2.45, 2.75) is 26.2 Å². The predicted molar refractivity (Wildman–Crippen MR) is 59.8 cm³/mol. The Morgan fingerprint density at radius 1 is 1.65 bits per heavy atom. The predicted octanol–water partition coefficient (Wildman–Crippen LogP) is 1.04. The second-order valence-corrected chi connectivity index (χ2v) is 4.43. The van der Waals surface area contributed by atoms with Crippen molar-refractivity contribution in [1.82, 2.24) is 15.0 Å². The maximum Gasteiger partial charge on any atom is 0.394 e. The van der Waals surface area contributed by atoms with E-state index >= 15 is 0 Å². The highest BCUT2D eigenvalue weighted by Gasteiger charge is 2.22. The summed E-state index contributed by atoms with van der Waals surface area (Å²) in [6.07, 6.45) is 3.03. The van der Waals surface area contributed by atoms with Crippen LogP contribution in [-0.2, 0) is 6.42 Å². The smallest absolute Gasteiger partial charge is 0.394 e. The van der Waals surface area contributed by atoms with Gasteiger partial charge in [-0.1, -0.05) is 12.1 Å². The molecule has 2 rings (SSSR count). The molecule has 1 N–H and O–H groups in total. The van der Waals surface area contributed by atoms with E-state index in [0.29, 0.717) is 18.2 Å². The lowest BCUT2D eigenvalue weighted by Gasteiger charge is -2.31. The van der Waals surface area contributed by atoms with Crippen LogP contribution in [0.5, 0.6) is 0 Å². The monoisotopic (exact) mass is 239 g/mol. The number of hydrogen-bond acceptors (Lipinski definition) is 5. The van der Waals surface area contributed by atoms with Crippen molar-refractivity contribution in [3.8, 4) is 0 Å². The number of carbonyl (C=O) groups is 1. The molecule has 0 bridgehead atoms. The van der Waals surface area contributed by atoms with E-state index in [9.17, 15) is 4.79 Å². The summed E-state index contributed by atoms with van der Waals surface area (Å²) < 4.78 is 4.65. The van der Waals surface area contributed by atoms with Gasteiger partial charge in [0.1, 0.15) is 0 Å². The molecule has 0 spiro atoms. The lowest BCUT2D eigenvalue weighted by Crippen LogP contribution is -2.36. The molecule has 0 aliphatic carbocycles. The molecule has 1 aliphatic heterocycles. The third-order valence-corrected chi connectivity index (χ3v) is 3.17. The fraction of sp³-hybridized carbons (Fsp3) is 0.727. The Kier molecular flexibility index (Phi) is 3.73. The van der Waals surface area contributed by atoms with E-state index < -0.39 is 5.97 Å². The van der Waals surface area contributed by atoms with E-state index in [2.05, 4.69) is 26.5 Å². The number of likely N-dealkylation sites (tertiary alicyclic amines) is 1. The van der Waals surface area contributed by atoms with Crippen LogP contribution in [0.1, 0.15) is 36.3 Å². The van der Waals surface area contributed by atoms with Crippen molar-refractivity contribution in [2.75, 3.05) is 19.6 Å². The molecule has 1 aliphatic rings. The molecule has 6 heteroatoms. The first-order valence-electron chi connectivity index (χ1n) is 5.97. The van der Waals surface area contributed by atoms with Crippen molar-refractivity contribution in [3.05, 3.63) is 11.7 Å². The Balaban J connectivity index is 1.93. The summed E-state index contributed by atoms with van der Waals surface area (Å²) in [6, 6.07) is 0. The summed E-state index contributed by atoms with van der Waals surface area (Å²) in [5.41, 5.74) is 0. The molecule has 0 aromatic carbocycles. The SMILES string of the molecule is CCN1CCCC(Cc2noc(C(=O)O)n2)C1. The zero-order valence-corrected chi connectivity index (χ0v) is 9.93. The van der Waals surface area contributed by atoms with Crippen molar-refractivity contribution in [2.24, 2.45) is 5.92 Å². The first-order valence-corrected chi connectivity index (χ1v) is 5.97. The number of carboxylic acid groups (broad SMARTS) is 1. The van der Waals surface area contributed by atoms with Gasteiger partial charge in [-0.2, -0.15) is 4.98 Å². The highest BCUT2D eigenvalue weighted by Crippen LogP contribution is 2.19. The molecule has 0 amide bonds. The third kappa shape index (κ3) is 3.03. The summed E-state index contributed by atoms with van der Waals surface area (Å²) >= 11 is 0. The summed E-state index contributed by atoms with van der Waals surface area (Å²) in [4.78, 5) is 16.9. The van der Waals surface area contributed by atoms with Crippen LogP contribution < -0.4 is 0 Å². The van der Waals surface area contributed by atoms with Gasteiger partial charge in [-0.15, -0.1) is 0 Å². The number of rotatable bonds is 4. The van der Waals surface area contributed by atoms with Crippen molar-refractivity contribution in [3.63, 3.8) is 0 Å². The molecule has 1 aromatic heterocycles. The molecule has 2 heterocycles. The Morgan fingerprint density at radius 3 is 3.12 bits per heavy atom. The van der Waals surface area contributed by atoms with Gasteiger partial charge in [-0.3, -0.25) is 0 Å². The Bertz CT molecular complexity index is 391. The van der Waals surface area contributed by atoms with Gasteiger partial charge in [-0.05, 0) is 31.8 Å². The zero-order valence-electron chi connectivity index (χ0n) is 9.93. The fourth-order valence-electron chi connectivity index (χ4n) is 2.29. The van der Waals surface area contributed by atoms with E-state index in [0.717, 1.165) is 26.1 Å². The Labute approximate surface area is 99.6 Å². The first-order chi connectivity index (χ1) is 8.19. The van der Waals surface area contributed by atoms with Gasteiger partial charge in [0.25, 0.3) is 0 Å². The van der Waals surface area contributed by atoms with Gasteiger partial charge < -0.3 is 14.5 Å². The maximum atomic E-state index is 10.6. The molecule has 94 valence electrons. The molecule has 1 saturated heterocycles. The molecule has 1 atom stereocenters. The van der Waals surface area contributed by atoms with E-state index in [1.165, 1.54) is 6.42 Å². The topological polar surface area (TPSA) is 79.5 Å². The standard InChI is InChI=1S/C11H17N3O3/c1-2-14-5-3-4-8(7-14)6-9-12-10(11(15)16)17-13-9/h8H,2-7H2,1H3,(H,15,16). The molecule has 0 radical (unpaired) electrons. The van der Waals surface area contributed by atoms with Crippen LogP contribution >= 0.6 is 0 Å². The van der Waals surface area contributed by atoms with Gasteiger partial charge in [0.15, 0.2) is 5.82 Å². The number of aromatic carboxylic acids is 1. The van der Waals surface area contributed by atoms with Gasteiger partial charge in [-0.25, -0.2) is 4.79 Å². The molecule has 0 saturated carbocycles. The number of aromatic nitrogens is 2. The molecule has 6 nitrogen and oxygen atoms in total. The number of hydrogen-bond donors (Lipinski definition) is 1. The van der Waals surface area contributed by atoms with Gasteiger partial charge in [0, 0.05) is 13.0 Å². The van der Waals surface area contributed by atoms with Gasteiger partial charge in [0.2, 0.25) is 0 Å². The number of piperidine rings is 1. The van der Waals surface area contributed by atoms with Crippen molar-refractivity contribution < 1.29 is 14.4 Å². The van der Waals surface area contributed by atoms with Crippen LogP contribution in [-0.4, -0.2) is 45.8 Å². The zero-order chi connectivity index (χ0) is 12.3. The fourth-order valence-corrected chi connectivity index (χ4v) is 2.29. The van der Waals surface area contributed by atoms with Crippen molar-refractivity contribution in [1.29, 1.82) is 0 Å².